The molecule has 0 atom stereocenters. The van der Waals surface area contributed by atoms with E-state index in [2.05, 4.69) is 15.6 Å². The first kappa shape index (κ1) is 15.3. The summed E-state index contributed by atoms with van der Waals surface area (Å²) < 4.78 is 5.12. The summed E-state index contributed by atoms with van der Waals surface area (Å²) in [5, 5.41) is 5.98. The molecule has 0 radical (unpaired) electrons. The highest BCUT2D eigenvalue weighted by Crippen LogP contribution is 2.19. The van der Waals surface area contributed by atoms with Gasteiger partial charge in [-0.1, -0.05) is 29.8 Å². The summed E-state index contributed by atoms with van der Waals surface area (Å²) in [6, 6.07) is 10.6. The Morgan fingerprint density at radius 1 is 1.33 bits per heavy atom. The van der Waals surface area contributed by atoms with Gasteiger partial charge in [-0.25, -0.2) is 4.98 Å². The van der Waals surface area contributed by atoms with Gasteiger partial charge in [-0.05, 0) is 18.2 Å². The van der Waals surface area contributed by atoms with Crippen LogP contribution < -0.4 is 10.6 Å². The third-order valence-corrected chi connectivity index (χ3v) is 3.07. The number of hydrogen-bond donors (Lipinski definition) is 2. The first-order valence-corrected chi connectivity index (χ1v) is 6.75. The van der Waals surface area contributed by atoms with Gasteiger partial charge in [0.25, 0.3) is 5.91 Å². The van der Waals surface area contributed by atoms with Gasteiger partial charge in [0.2, 0.25) is 0 Å². The monoisotopic (exact) mass is 305 g/mol. The second-order valence-corrected chi connectivity index (χ2v) is 4.75. The number of anilines is 2. The normalized spacial score (nSPS) is 10.2. The maximum Gasteiger partial charge on any atom is 0.255 e. The van der Waals surface area contributed by atoms with E-state index in [1.807, 2.05) is 24.3 Å². The smallest absolute Gasteiger partial charge is 0.255 e. The van der Waals surface area contributed by atoms with Crippen molar-refractivity contribution < 1.29 is 9.53 Å². The number of aromatic nitrogens is 1. The average molecular weight is 306 g/mol. The summed E-state index contributed by atoms with van der Waals surface area (Å²) in [6.45, 7) is 0.426. The Hall–Kier alpha value is -2.11. The molecule has 1 amide bonds. The van der Waals surface area contributed by atoms with Crippen molar-refractivity contribution in [2.24, 2.45) is 0 Å². The molecular weight excluding hydrogens is 290 g/mol. The number of hydrogen-bond acceptors (Lipinski definition) is 4. The van der Waals surface area contributed by atoms with Gasteiger partial charge in [-0.15, -0.1) is 0 Å². The molecular formula is C15H16ClN3O2. The zero-order valence-electron chi connectivity index (χ0n) is 11.8. The van der Waals surface area contributed by atoms with Crippen LogP contribution in [-0.4, -0.2) is 25.0 Å². The average Bonchev–Trinajstić information content (AvgIpc) is 2.48. The maximum absolute atomic E-state index is 12.3. The molecule has 0 saturated heterocycles. The molecule has 1 aromatic heterocycles. The quantitative estimate of drug-likeness (QED) is 0.833. The van der Waals surface area contributed by atoms with Crippen LogP contribution in [0.25, 0.3) is 0 Å². The van der Waals surface area contributed by atoms with E-state index in [1.54, 1.807) is 20.2 Å². The highest BCUT2D eigenvalue weighted by Gasteiger charge is 2.11. The van der Waals surface area contributed by atoms with Crippen LogP contribution >= 0.6 is 11.6 Å². The molecule has 0 spiro atoms. The Bertz CT molecular complexity index is 647. The summed E-state index contributed by atoms with van der Waals surface area (Å²) in [4.78, 5) is 16.4. The van der Waals surface area contributed by atoms with Crippen molar-refractivity contribution in [3.8, 4) is 0 Å². The molecule has 21 heavy (non-hydrogen) atoms. The summed E-state index contributed by atoms with van der Waals surface area (Å²) in [7, 11) is 3.33. The van der Waals surface area contributed by atoms with Gasteiger partial charge in [0, 0.05) is 31.0 Å². The predicted molar refractivity (Wildman–Crippen MR) is 83.9 cm³/mol. The van der Waals surface area contributed by atoms with Crippen molar-refractivity contribution in [3.05, 3.63) is 52.7 Å². The lowest BCUT2D eigenvalue weighted by Gasteiger charge is -2.11. The molecule has 0 aliphatic heterocycles. The molecule has 0 bridgehead atoms. The third kappa shape index (κ3) is 3.93. The number of para-hydroxylation sites is 1. The SMILES string of the molecule is CNc1cc(C(=O)Nc2ccccc2COC)cc(Cl)n1. The minimum atomic E-state index is -0.251. The number of rotatable bonds is 5. The fourth-order valence-corrected chi connectivity index (χ4v) is 2.08. The van der Waals surface area contributed by atoms with E-state index in [0.29, 0.717) is 23.7 Å². The van der Waals surface area contributed by atoms with Gasteiger partial charge in [-0.3, -0.25) is 4.79 Å². The standard InChI is InChI=1S/C15H16ClN3O2/c1-17-14-8-11(7-13(16)19-14)15(20)18-12-6-4-3-5-10(12)9-21-2/h3-8H,9H2,1-2H3,(H,17,19)(H,18,20). The zero-order valence-corrected chi connectivity index (χ0v) is 12.6. The number of nitrogens with one attached hydrogen (secondary N) is 2. The second-order valence-electron chi connectivity index (χ2n) is 4.36. The number of ether oxygens (including phenoxy) is 1. The molecule has 2 N–H and O–H groups in total. The molecule has 6 heteroatoms. The summed E-state index contributed by atoms with van der Waals surface area (Å²) >= 11 is 5.91. The number of nitrogens with zero attached hydrogens (tertiary/aromatic N) is 1. The van der Waals surface area contributed by atoms with E-state index in [9.17, 15) is 4.79 Å². The van der Waals surface area contributed by atoms with Crippen LogP contribution in [0, 0.1) is 0 Å². The molecule has 0 saturated carbocycles. The molecule has 1 aromatic carbocycles. The molecule has 1 heterocycles. The van der Waals surface area contributed by atoms with E-state index >= 15 is 0 Å². The molecule has 2 rings (SSSR count). The fourth-order valence-electron chi connectivity index (χ4n) is 1.87. The Morgan fingerprint density at radius 2 is 2.10 bits per heavy atom. The van der Waals surface area contributed by atoms with Gasteiger partial charge < -0.3 is 15.4 Å². The number of pyridine rings is 1. The van der Waals surface area contributed by atoms with E-state index < -0.39 is 0 Å². The van der Waals surface area contributed by atoms with Crippen molar-refractivity contribution >= 4 is 29.0 Å². The first-order valence-electron chi connectivity index (χ1n) is 6.37. The fraction of sp³-hybridized carbons (Fsp3) is 0.200. The van der Waals surface area contributed by atoms with E-state index in [0.717, 1.165) is 5.56 Å². The molecule has 0 aliphatic rings. The minimum absolute atomic E-state index is 0.251. The topological polar surface area (TPSA) is 63.2 Å². The third-order valence-electron chi connectivity index (χ3n) is 2.88. The number of methoxy groups -OCH3 is 1. The molecule has 0 unspecified atom stereocenters. The van der Waals surface area contributed by atoms with Crippen molar-refractivity contribution in [1.29, 1.82) is 0 Å². The largest absolute Gasteiger partial charge is 0.380 e. The number of carbonyl (C=O) groups is 1. The molecule has 0 aliphatic carbocycles. The van der Waals surface area contributed by atoms with E-state index in [1.165, 1.54) is 6.07 Å². The van der Waals surface area contributed by atoms with E-state index in [4.69, 9.17) is 16.3 Å². The van der Waals surface area contributed by atoms with Crippen LogP contribution in [0.4, 0.5) is 11.5 Å². The van der Waals surface area contributed by atoms with Gasteiger partial charge in [0.05, 0.1) is 6.61 Å². The summed E-state index contributed by atoms with van der Waals surface area (Å²) in [5.74, 6) is 0.289. The van der Waals surface area contributed by atoms with Gasteiger partial charge in [0.15, 0.2) is 0 Å². The first-order chi connectivity index (χ1) is 10.1. The summed E-state index contributed by atoms with van der Waals surface area (Å²) in [6.07, 6.45) is 0. The predicted octanol–water partition coefficient (Wildman–Crippen LogP) is 3.18. The Kier molecular flexibility index (Phi) is 5.14. The van der Waals surface area contributed by atoms with Crippen LogP contribution in [0.15, 0.2) is 36.4 Å². The Morgan fingerprint density at radius 3 is 2.81 bits per heavy atom. The van der Waals surface area contributed by atoms with Gasteiger partial charge in [0.1, 0.15) is 11.0 Å². The summed E-state index contributed by atoms with van der Waals surface area (Å²) in [5.41, 5.74) is 2.05. The lowest BCUT2D eigenvalue weighted by atomic mass is 10.1. The van der Waals surface area contributed by atoms with Crippen LogP contribution in [0.5, 0.6) is 0 Å². The highest BCUT2D eigenvalue weighted by atomic mass is 35.5. The molecule has 0 fully saturated rings. The zero-order chi connectivity index (χ0) is 15.2. The maximum atomic E-state index is 12.3. The lowest BCUT2D eigenvalue weighted by molar-refractivity contribution is 0.102. The van der Waals surface area contributed by atoms with Crippen molar-refractivity contribution in [3.63, 3.8) is 0 Å². The lowest BCUT2D eigenvalue weighted by Crippen LogP contribution is -2.14. The number of halogens is 1. The minimum Gasteiger partial charge on any atom is -0.380 e. The Balaban J connectivity index is 2.24. The second kappa shape index (κ2) is 7.06. The van der Waals surface area contributed by atoms with Crippen LogP contribution in [0.2, 0.25) is 5.15 Å². The van der Waals surface area contributed by atoms with Gasteiger partial charge >= 0.3 is 0 Å². The van der Waals surface area contributed by atoms with Gasteiger partial charge in [-0.2, -0.15) is 0 Å². The number of amides is 1. The highest BCUT2D eigenvalue weighted by molar-refractivity contribution is 6.30. The molecule has 5 nitrogen and oxygen atoms in total. The van der Waals surface area contributed by atoms with Crippen LogP contribution in [0.1, 0.15) is 15.9 Å². The number of benzene rings is 1. The Labute approximate surface area is 128 Å². The number of carbonyl (C=O) groups excluding carboxylic acids is 1. The van der Waals surface area contributed by atoms with Crippen LogP contribution in [-0.2, 0) is 11.3 Å². The van der Waals surface area contributed by atoms with Crippen molar-refractivity contribution in [2.45, 2.75) is 6.61 Å². The van der Waals surface area contributed by atoms with Crippen LogP contribution in [0.3, 0.4) is 0 Å². The molecule has 110 valence electrons. The van der Waals surface area contributed by atoms with E-state index in [-0.39, 0.29) is 11.1 Å². The van der Waals surface area contributed by atoms with Crippen molar-refractivity contribution in [2.75, 3.05) is 24.8 Å². The van der Waals surface area contributed by atoms with Crippen molar-refractivity contribution in [1.82, 2.24) is 4.98 Å². The molecule has 2 aromatic rings.